The lowest BCUT2D eigenvalue weighted by Crippen LogP contribution is -2.47. The Balaban J connectivity index is 2.09. The number of urea groups is 1. The molecule has 0 spiro atoms. The Labute approximate surface area is 123 Å². The summed E-state index contributed by atoms with van der Waals surface area (Å²) in [6.07, 6.45) is 2.73. The Bertz CT molecular complexity index is 492. The summed E-state index contributed by atoms with van der Waals surface area (Å²) in [6, 6.07) is 7.34. The molecule has 0 bridgehead atoms. The summed E-state index contributed by atoms with van der Waals surface area (Å²) in [5.74, 6) is -0.218. The van der Waals surface area contributed by atoms with Crippen molar-refractivity contribution < 1.29 is 14.7 Å². The molecule has 1 aliphatic carbocycles. The van der Waals surface area contributed by atoms with Gasteiger partial charge in [-0.25, -0.2) is 4.79 Å². The second-order valence-corrected chi connectivity index (χ2v) is 5.34. The average molecular weight is 291 g/mol. The van der Waals surface area contributed by atoms with Gasteiger partial charge in [0.25, 0.3) is 0 Å². The van der Waals surface area contributed by atoms with Crippen molar-refractivity contribution in [3.8, 4) is 0 Å². The van der Waals surface area contributed by atoms with Crippen molar-refractivity contribution in [1.82, 2.24) is 10.6 Å². The fraction of sp³-hybridized carbons (Fsp3) is 0.467. The second kappa shape index (κ2) is 7.08. The highest BCUT2D eigenvalue weighted by atomic mass is 16.3. The maximum Gasteiger partial charge on any atom is 0.313 e. The monoisotopic (exact) mass is 291 g/mol. The zero-order chi connectivity index (χ0) is 15.2. The number of carbonyl (C=O) groups is 2. The first-order valence-corrected chi connectivity index (χ1v) is 7.14. The van der Waals surface area contributed by atoms with Gasteiger partial charge in [-0.2, -0.15) is 0 Å². The van der Waals surface area contributed by atoms with E-state index in [4.69, 9.17) is 5.73 Å². The van der Waals surface area contributed by atoms with Crippen LogP contribution < -0.4 is 16.4 Å². The molecule has 0 aromatic heterocycles. The molecule has 0 heterocycles. The van der Waals surface area contributed by atoms with Gasteiger partial charge in [-0.3, -0.25) is 4.79 Å². The molecule has 3 unspecified atom stereocenters. The lowest BCUT2D eigenvalue weighted by Gasteiger charge is -2.23. The van der Waals surface area contributed by atoms with Crippen molar-refractivity contribution >= 4 is 11.9 Å². The van der Waals surface area contributed by atoms with E-state index in [2.05, 4.69) is 10.6 Å². The van der Waals surface area contributed by atoms with Crippen LogP contribution in [-0.2, 0) is 4.79 Å². The topological polar surface area (TPSA) is 104 Å². The van der Waals surface area contributed by atoms with Gasteiger partial charge in [-0.15, -0.1) is 0 Å². The summed E-state index contributed by atoms with van der Waals surface area (Å²) in [5, 5.41) is 14.7. The Morgan fingerprint density at radius 2 is 2.00 bits per heavy atom. The predicted molar refractivity (Wildman–Crippen MR) is 78.3 cm³/mol. The fourth-order valence-corrected chi connectivity index (χ4v) is 2.80. The molecule has 2 rings (SSSR count). The molecule has 1 aromatic carbocycles. The molecular formula is C15H21N3O3. The Kier molecular flexibility index (Phi) is 5.16. The van der Waals surface area contributed by atoms with Crippen molar-refractivity contribution in [3.63, 3.8) is 0 Å². The van der Waals surface area contributed by atoms with E-state index < -0.39 is 12.1 Å². The number of primary amides is 1. The van der Waals surface area contributed by atoms with Crippen molar-refractivity contribution in [1.29, 1.82) is 0 Å². The number of rotatable bonds is 5. The highest BCUT2D eigenvalue weighted by Gasteiger charge is 2.31. The van der Waals surface area contributed by atoms with Crippen LogP contribution in [0.3, 0.4) is 0 Å². The zero-order valence-electron chi connectivity index (χ0n) is 11.8. The van der Waals surface area contributed by atoms with E-state index in [1.54, 1.807) is 24.3 Å². The highest BCUT2D eigenvalue weighted by molar-refractivity contribution is 5.87. The van der Waals surface area contributed by atoms with Crippen LogP contribution in [0.4, 0.5) is 4.79 Å². The van der Waals surface area contributed by atoms with Crippen LogP contribution in [0.1, 0.15) is 30.9 Å². The van der Waals surface area contributed by atoms with Gasteiger partial charge in [0, 0.05) is 18.6 Å². The number of aliphatic hydroxyl groups excluding tert-OH is 1. The van der Waals surface area contributed by atoms with E-state index in [9.17, 15) is 14.7 Å². The van der Waals surface area contributed by atoms with Gasteiger partial charge in [0.05, 0.1) is 0 Å². The number of aliphatic hydroxyl groups is 1. The molecule has 21 heavy (non-hydrogen) atoms. The van der Waals surface area contributed by atoms with E-state index in [0.717, 1.165) is 19.3 Å². The van der Waals surface area contributed by atoms with E-state index in [0.29, 0.717) is 5.56 Å². The fourth-order valence-electron chi connectivity index (χ4n) is 2.80. The van der Waals surface area contributed by atoms with Gasteiger partial charge in [-0.05, 0) is 18.4 Å². The number of hydrogen-bond acceptors (Lipinski definition) is 3. The number of carbonyl (C=O) groups excluding carboxylic acids is 2. The quantitative estimate of drug-likeness (QED) is 0.641. The van der Waals surface area contributed by atoms with Crippen LogP contribution in [0.5, 0.6) is 0 Å². The van der Waals surface area contributed by atoms with Crippen LogP contribution in [0.25, 0.3) is 0 Å². The van der Waals surface area contributed by atoms with Gasteiger partial charge < -0.3 is 21.5 Å². The maximum atomic E-state index is 12.4. The molecule has 1 saturated carbocycles. The van der Waals surface area contributed by atoms with Crippen molar-refractivity contribution in [2.24, 2.45) is 11.7 Å². The molecule has 0 radical (unpaired) electrons. The lowest BCUT2D eigenvalue weighted by atomic mass is 10.0. The number of benzene rings is 1. The van der Waals surface area contributed by atoms with Crippen LogP contribution in [0.2, 0.25) is 0 Å². The van der Waals surface area contributed by atoms with Gasteiger partial charge in [0.2, 0.25) is 5.91 Å². The van der Waals surface area contributed by atoms with Crippen molar-refractivity contribution in [2.75, 3.05) is 6.61 Å². The molecule has 114 valence electrons. The highest BCUT2D eigenvalue weighted by Crippen LogP contribution is 2.25. The average Bonchev–Trinajstić information content (AvgIpc) is 2.92. The van der Waals surface area contributed by atoms with Gasteiger partial charge in [0.15, 0.2) is 0 Å². The molecule has 5 N–H and O–H groups in total. The second-order valence-electron chi connectivity index (χ2n) is 5.34. The Morgan fingerprint density at radius 1 is 1.29 bits per heavy atom. The lowest BCUT2D eigenvalue weighted by molar-refractivity contribution is -0.124. The van der Waals surface area contributed by atoms with E-state index in [-0.39, 0.29) is 24.5 Å². The normalized spacial score (nSPS) is 22.5. The number of hydrogen-bond donors (Lipinski definition) is 4. The minimum absolute atomic E-state index is 0.0524. The first-order valence-electron chi connectivity index (χ1n) is 7.14. The Hall–Kier alpha value is -2.08. The summed E-state index contributed by atoms with van der Waals surface area (Å²) < 4.78 is 0. The smallest absolute Gasteiger partial charge is 0.313 e. The molecule has 0 saturated heterocycles. The van der Waals surface area contributed by atoms with E-state index in [1.165, 1.54) is 0 Å². The number of nitrogens with one attached hydrogen (secondary N) is 2. The SMILES string of the molecule is NC(=O)NC(C(=O)NC1CCCC1CO)c1ccccc1. The molecule has 6 heteroatoms. The molecule has 1 fully saturated rings. The molecule has 6 nitrogen and oxygen atoms in total. The number of nitrogens with two attached hydrogens (primary N) is 1. The third-order valence-corrected chi connectivity index (χ3v) is 3.90. The van der Waals surface area contributed by atoms with Gasteiger partial charge in [-0.1, -0.05) is 36.8 Å². The minimum atomic E-state index is -0.816. The van der Waals surface area contributed by atoms with Crippen LogP contribution in [0, 0.1) is 5.92 Å². The standard InChI is InChI=1S/C15H21N3O3/c16-15(21)18-13(10-5-2-1-3-6-10)14(20)17-12-8-4-7-11(12)9-19/h1-3,5-6,11-13,19H,4,7-9H2,(H,17,20)(H3,16,18,21). The third kappa shape index (κ3) is 3.95. The van der Waals surface area contributed by atoms with Crippen LogP contribution in [-0.4, -0.2) is 29.7 Å². The maximum absolute atomic E-state index is 12.4. The molecule has 0 aliphatic heterocycles. The van der Waals surface area contributed by atoms with Crippen LogP contribution in [0.15, 0.2) is 30.3 Å². The summed E-state index contributed by atoms with van der Waals surface area (Å²) in [7, 11) is 0. The summed E-state index contributed by atoms with van der Waals surface area (Å²) in [5.41, 5.74) is 5.83. The van der Waals surface area contributed by atoms with Crippen molar-refractivity contribution in [2.45, 2.75) is 31.3 Å². The first kappa shape index (κ1) is 15.3. The van der Waals surface area contributed by atoms with E-state index >= 15 is 0 Å². The summed E-state index contributed by atoms with van der Waals surface area (Å²) in [4.78, 5) is 23.6. The Morgan fingerprint density at radius 3 is 2.62 bits per heavy atom. The molecule has 3 atom stereocenters. The predicted octanol–water partition coefficient (Wildman–Crippen LogP) is 0.673. The zero-order valence-corrected chi connectivity index (χ0v) is 11.8. The molecule has 1 aliphatic rings. The largest absolute Gasteiger partial charge is 0.396 e. The molecule has 3 amide bonds. The number of amides is 3. The van der Waals surface area contributed by atoms with E-state index in [1.807, 2.05) is 6.07 Å². The van der Waals surface area contributed by atoms with Crippen molar-refractivity contribution in [3.05, 3.63) is 35.9 Å². The third-order valence-electron chi connectivity index (χ3n) is 3.90. The minimum Gasteiger partial charge on any atom is -0.396 e. The molecular weight excluding hydrogens is 270 g/mol. The van der Waals surface area contributed by atoms with Gasteiger partial charge >= 0.3 is 6.03 Å². The first-order chi connectivity index (χ1) is 10.1. The van der Waals surface area contributed by atoms with Gasteiger partial charge in [0.1, 0.15) is 6.04 Å². The van der Waals surface area contributed by atoms with Crippen LogP contribution >= 0.6 is 0 Å². The summed E-state index contributed by atoms with van der Waals surface area (Å²) >= 11 is 0. The molecule has 1 aromatic rings. The summed E-state index contributed by atoms with van der Waals surface area (Å²) in [6.45, 7) is 0.0597.